The number of likely N-dealkylation sites (tertiary alicyclic amines) is 1. The van der Waals surface area contributed by atoms with Crippen molar-refractivity contribution in [1.29, 1.82) is 0 Å². The van der Waals surface area contributed by atoms with Crippen molar-refractivity contribution >= 4 is 11.9 Å². The molecule has 2 fully saturated rings. The molecule has 2 aromatic rings. The Balaban J connectivity index is 1.45. The Kier molecular flexibility index (Phi) is 5.93. The number of amides is 1. The third kappa shape index (κ3) is 4.42. The van der Waals surface area contributed by atoms with E-state index in [2.05, 4.69) is 0 Å². The van der Waals surface area contributed by atoms with E-state index in [9.17, 15) is 9.59 Å². The summed E-state index contributed by atoms with van der Waals surface area (Å²) >= 11 is 0. The third-order valence-corrected chi connectivity index (χ3v) is 6.04. The Morgan fingerprint density at radius 3 is 2.50 bits per heavy atom. The number of aromatic carboxylic acids is 1. The molecule has 1 N–H and O–H groups in total. The highest BCUT2D eigenvalue weighted by Crippen LogP contribution is 2.37. The molecular formula is C24H27NO5. The van der Waals surface area contributed by atoms with E-state index in [1.807, 2.05) is 23.1 Å². The minimum absolute atomic E-state index is 0.104. The van der Waals surface area contributed by atoms with Crippen LogP contribution in [-0.4, -0.2) is 41.6 Å². The Bertz CT molecular complexity index is 918. The summed E-state index contributed by atoms with van der Waals surface area (Å²) in [5.41, 5.74) is 2.26. The van der Waals surface area contributed by atoms with E-state index in [1.165, 1.54) is 12.8 Å². The minimum atomic E-state index is -0.950. The molecule has 0 bridgehead atoms. The van der Waals surface area contributed by atoms with Crippen LogP contribution in [0.5, 0.6) is 11.5 Å². The highest BCUT2D eigenvalue weighted by molar-refractivity contribution is 5.87. The van der Waals surface area contributed by atoms with Crippen LogP contribution in [0.15, 0.2) is 42.5 Å². The van der Waals surface area contributed by atoms with Crippen molar-refractivity contribution < 1.29 is 24.2 Å². The summed E-state index contributed by atoms with van der Waals surface area (Å²) < 4.78 is 11.7. The summed E-state index contributed by atoms with van der Waals surface area (Å²) in [5.74, 6) is 0.750. The van der Waals surface area contributed by atoms with Crippen LogP contribution in [0.2, 0.25) is 0 Å². The molecule has 1 saturated carbocycles. The smallest absolute Gasteiger partial charge is 0.335 e. The fraction of sp³-hybridized carbons (Fsp3) is 0.417. The lowest BCUT2D eigenvalue weighted by Crippen LogP contribution is -2.24. The highest BCUT2D eigenvalue weighted by atomic mass is 16.5. The number of carbonyl (C=O) groups excluding carboxylic acids is 1. The molecule has 6 nitrogen and oxygen atoms in total. The lowest BCUT2D eigenvalue weighted by molar-refractivity contribution is -0.128. The Labute approximate surface area is 176 Å². The molecule has 0 radical (unpaired) electrons. The van der Waals surface area contributed by atoms with Crippen LogP contribution in [-0.2, 0) is 11.3 Å². The van der Waals surface area contributed by atoms with Gasteiger partial charge in [-0.05, 0) is 61.1 Å². The summed E-state index contributed by atoms with van der Waals surface area (Å²) in [4.78, 5) is 25.4. The molecular weight excluding hydrogens is 382 g/mol. The number of hydrogen-bond donors (Lipinski definition) is 1. The first kappa shape index (κ1) is 20.3. The molecule has 2 aromatic carbocycles. The summed E-state index contributed by atoms with van der Waals surface area (Å²) in [6.07, 6.45) is 5.25. The lowest BCUT2D eigenvalue weighted by atomic mass is 9.98. The maximum atomic E-state index is 12.6. The van der Waals surface area contributed by atoms with Gasteiger partial charge in [0.25, 0.3) is 0 Å². The Morgan fingerprint density at radius 1 is 1.10 bits per heavy atom. The number of ether oxygens (including phenoxy) is 2. The second-order valence-electron chi connectivity index (χ2n) is 8.11. The van der Waals surface area contributed by atoms with Crippen molar-refractivity contribution in [2.45, 2.75) is 50.7 Å². The standard InChI is InChI=1S/C24H27NO5/c1-29-21-11-10-18(12-22(21)30-20-4-2-3-5-20)19-13-23(26)25(15-19)14-16-6-8-17(9-7-16)24(27)28/h6-12,19-20H,2-5,13-15H2,1H3,(H,27,28). The first-order valence-electron chi connectivity index (χ1n) is 10.5. The first-order chi connectivity index (χ1) is 14.5. The molecule has 1 aliphatic heterocycles. The number of benzene rings is 2. The van der Waals surface area contributed by atoms with Gasteiger partial charge in [-0.25, -0.2) is 4.79 Å². The Morgan fingerprint density at radius 2 is 1.83 bits per heavy atom. The van der Waals surface area contributed by atoms with E-state index in [0.29, 0.717) is 19.5 Å². The van der Waals surface area contributed by atoms with Gasteiger partial charge in [0, 0.05) is 25.4 Å². The highest BCUT2D eigenvalue weighted by Gasteiger charge is 2.31. The number of methoxy groups -OCH3 is 1. The fourth-order valence-corrected chi connectivity index (χ4v) is 4.35. The third-order valence-electron chi connectivity index (χ3n) is 6.04. The van der Waals surface area contributed by atoms with Gasteiger partial charge in [-0.3, -0.25) is 4.79 Å². The second kappa shape index (κ2) is 8.78. The predicted molar refractivity (Wildman–Crippen MR) is 112 cm³/mol. The van der Waals surface area contributed by atoms with Crippen molar-refractivity contribution in [3.63, 3.8) is 0 Å². The molecule has 1 amide bonds. The summed E-state index contributed by atoms with van der Waals surface area (Å²) in [5, 5.41) is 9.03. The van der Waals surface area contributed by atoms with Gasteiger partial charge in [0.1, 0.15) is 0 Å². The molecule has 6 heteroatoms. The number of carboxylic acid groups (broad SMARTS) is 1. The average Bonchev–Trinajstić information content (AvgIpc) is 3.38. The maximum absolute atomic E-state index is 12.6. The zero-order chi connectivity index (χ0) is 21.1. The first-order valence-corrected chi connectivity index (χ1v) is 10.5. The number of carbonyl (C=O) groups is 2. The van der Waals surface area contributed by atoms with Gasteiger partial charge >= 0.3 is 5.97 Å². The van der Waals surface area contributed by atoms with E-state index in [-0.39, 0.29) is 23.5 Å². The zero-order valence-electron chi connectivity index (χ0n) is 17.2. The number of nitrogens with zero attached hydrogens (tertiary/aromatic N) is 1. The molecule has 1 atom stereocenters. The zero-order valence-corrected chi connectivity index (χ0v) is 17.2. The molecule has 30 heavy (non-hydrogen) atoms. The fourth-order valence-electron chi connectivity index (χ4n) is 4.35. The van der Waals surface area contributed by atoms with Crippen LogP contribution >= 0.6 is 0 Å². The normalized spacial score (nSPS) is 19.3. The molecule has 0 spiro atoms. The van der Waals surface area contributed by atoms with E-state index in [1.54, 1.807) is 31.4 Å². The second-order valence-corrected chi connectivity index (χ2v) is 8.11. The van der Waals surface area contributed by atoms with Crippen LogP contribution in [0.3, 0.4) is 0 Å². The summed E-state index contributed by atoms with van der Waals surface area (Å²) in [6, 6.07) is 12.7. The van der Waals surface area contributed by atoms with Crippen molar-refractivity contribution in [2.24, 2.45) is 0 Å². The van der Waals surface area contributed by atoms with Crippen LogP contribution in [0.4, 0.5) is 0 Å². The van der Waals surface area contributed by atoms with Crippen LogP contribution in [0.1, 0.15) is 59.5 Å². The van der Waals surface area contributed by atoms with E-state index < -0.39 is 5.97 Å². The van der Waals surface area contributed by atoms with Crippen molar-refractivity contribution in [3.05, 3.63) is 59.2 Å². The minimum Gasteiger partial charge on any atom is -0.493 e. The molecule has 158 valence electrons. The topological polar surface area (TPSA) is 76.1 Å². The van der Waals surface area contributed by atoms with Crippen LogP contribution in [0, 0.1) is 0 Å². The predicted octanol–water partition coefficient (Wildman–Crippen LogP) is 4.23. The molecule has 2 aliphatic rings. The average molecular weight is 409 g/mol. The molecule has 1 unspecified atom stereocenters. The maximum Gasteiger partial charge on any atom is 0.335 e. The van der Waals surface area contributed by atoms with Crippen LogP contribution < -0.4 is 9.47 Å². The Hall–Kier alpha value is -3.02. The number of rotatable bonds is 7. The van der Waals surface area contributed by atoms with Gasteiger partial charge in [0.2, 0.25) is 5.91 Å². The van der Waals surface area contributed by atoms with Gasteiger partial charge in [-0.15, -0.1) is 0 Å². The molecule has 1 saturated heterocycles. The number of hydrogen-bond acceptors (Lipinski definition) is 4. The van der Waals surface area contributed by atoms with Gasteiger partial charge < -0.3 is 19.5 Å². The largest absolute Gasteiger partial charge is 0.493 e. The van der Waals surface area contributed by atoms with Gasteiger partial charge in [-0.2, -0.15) is 0 Å². The summed E-state index contributed by atoms with van der Waals surface area (Å²) in [6.45, 7) is 1.12. The van der Waals surface area contributed by atoms with Gasteiger partial charge in [0.05, 0.1) is 18.8 Å². The quantitative estimate of drug-likeness (QED) is 0.741. The molecule has 4 rings (SSSR count). The van der Waals surface area contributed by atoms with Crippen LogP contribution in [0.25, 0.3) is 0 Å². The lowest BCUT2D eigenvalue weighted by Gasteiger charge is -2.19. The monoisotopic (exact) mass is 409 g/mol. The molecule has 1 aliphatic carbocycles. The van der Waals surface area contributed by atoms with Crippen molar-refractivity contribution in [1.82, 2.24) is 4.90 Å². The van der Waals surface area contributed by atoms with Gasteiger partial charge in [-0.1, -0.05) is 18.2 Å². The van der Waals surface area contributed by atoms with E-state index in [4.69, 9.17) is 14.6 Å². The van der Waals surface area contributed by atoms with E-state index >= 15 is 0 Å². The van der Waals surface area contributed by atoms with E-state index in [0.717, 1.165) is 35.5 Å². The molecule has 0 aromatic heterocycles. The van der Waals surface area contributed by atoms with Gasteiger partial charge in [0.15, 0.2) is 11.5 Å². The summed E-state index contributed by atoms with van der Waals surface area (Å²) in [7, 11) is 1.65. The van der Waals surface area contributed by atoms with Crippen molar-refractivity contribution in [3.8, 4) is 11.5 Å². The number of carboxylic acids is 1. The molecule has 1 heterocycles. The SMILES string of the molecule is COc1ccc(C2CC(=O)N(Cc3ccc(C(=O)O)cc3)C2)cc1OC1CCCC1. The van der Waals surface area contributed by atoms with Crippen molar-refractivity contribution in [2.75, 3.05) is 13.7 Å².